The maximum absolute atomic E-state index is 11.2. The van der Waals surface area contributed by atoms with Crippen molar-refractivity contribution in [3.8, 4) is 0 Å². The van der Waals surface area contributed by atoms with E-state index in [1.807, 2.05) is 22.6 Å². The Bertz CT molecular complexity index is 293. The summed E-state index contributed by atoms with van der Waals surface area (Å²) in [5.74, 6) is 0.124. The Morgan fingerprint density at radius 3 is 3.00 bits per heavy atom. The van der Waals surface area contributed by atoms with Gasteiger partial charge in [0.25, 0.3) is 5.91 Å². The van der Waals surface area contributed by atoms with Gasteiger partial charge in [0.05, 0.1) is 0 Å². The lowest BCUT2D eigenvalue weighted by atomic mass is 10.4. The molecule has 0 atom stereocenters. The first-order valence-electron chi connectivity index (χ1n) is 3.38. The maximum atomic E-state index is 11.2. The maximum Gasteiger partial charge on any atom is 0.287 e. The first-order chi connectivity index (χ1) is 5.74. The zero-order chi connectivity index (χ0) is 8.97. The minimum absolute atomic E-state index is 0.210. The minimum atomic E-state index is -0.210. The van der Waals surface area contributed by atoms with Gasteiger partial charge >= 0.3 is 0 Å². The van der Waals surface area contributed by atoms with Gasteiger partial charge in [0.1, 0.15) is 0 Å². The topological polar surface area (TPSA) is 42.2 Å². The molecule has 0 radical (unpaired) electrons. The molecule has 0 fully saturated rings. The van der Waals surface area contributed by atoms with Gasteiger partial charge in [-0.2, -0.15) is 0 Å². The summed E-state index contributed by atoms with van der Waals surface area (Å²) in [5.41, 5.74) is 0. The number of carbonyl (C=O) groups is 1. The summed E-state index contributed by atoms with van der Waals surface area (Å²) in [6, 6.07) is 3.38. The van der Waals surface area contributed by atoms with E-state index in [2.05, 4.69) is 11.9 Å². The quantitative estimate of drug-likeness (QED) is 0.676. The van der Waals surface area contributed by atoms with Crippen LogP contribution in [-0.4, -0.2) is 12.5 Å². The van der Waals surface area contributed by atoms with Crippen LogP contribution >= 0.6 is 22.6 Å². The number of hydrogen-bond donors (Lipinski definition) is 1. The van der Waals surface area contributed by atoms with Gasteiger partial charge in [0.15, 0.2) is 9.53 Å². The average Bonchev–Trinajstić information content (AvgIpc) is 2.47. The lowest BCUT2D eigenvalue weighted by molar-refractivity contribution is 0.0929. The molecule has 12 heavy (non-hydrogen) atoms. The van der Waals surface area contributed by atoms with Crippen molar-refractivity contribution in [1.82, 2.24) is 5.32 Å². The van der Waals surface area contributed by atoms with Gasteiger partial charge in [-0.05, 0) is 34.7 Å². The minimum Gasteiger partial charge on any atom is -0.445 e. The van der Waals surface area contributed by atoms with Crippen LogP contribution in [0.5, 0.6) is 0 Å². The fourth-order valence-electron chi connectivity index (χ4n) is 0.688. The van der Waals surface area contributed by atoms with Crippen LogP contribution in [0.4, 0.5) is 0 Å². The SMILES string of the molecule is C=CCNC(=O)c1ccc(I)o1. The summed E-state index contributed by atoms with van der Waals surface area (Å²) >= 11 is 2.00. The number of amides is 1. The van der Waals surface area contributed by atoms with Crippen LogP contribution in [0.1, 0.15) is 10.6 Å². The second-order valence-corrected chi connectivity index (χ2v) is 3.17. The molecule has 0 aliphatic carbocycles. The van der Waals surface area contributed by atoms with E-state index in [-0.39, 0.29) is 5.91 Å². The van der Waals surface area contributed by atoms with Crippen molar-refractivity contribution in [3.05, 3.63) is 34.3 Å². The second-order valence-electron chi connectivity index (χ2n) is 2.10. The van der Waals surface area contributed by atoms with Gasteiger partial charge in [-0.25, -0.2) is 0 Å². The van der Waals surface area contributed by atoms with Crippen LogP contribution in [0.15, 0.2) is 29.2 Å². The fraction of sp³-hybridized carbons (Fsp3) is 0.125. The molecule has 0 spiro atoms. The Kier molecular flexibility index (Phi) is 3.33. The van der Waals surface area contributed by atoms with Crippen LogP contribution in [-0.2, 0) is 0 Å². The molecule has 1 N–H and O–H groups in total. The lowest BCUT2D eigenvalue weighted by Crippen LogP contribution is -2.22. The zero-order valence-electron chi connectivity index (χ0n) is 6.34. The van der Waals surface area contributed by atoms with E-state index >= 15 is 0 Å². The molecule has 0 aliphatic heterocycles. The molecular formula is C8H8INO2. The molecule has 1 rings (SSSR count). The molecule has 64 valence electrons. The summed E-state index contributed by atoms with van der Waals surface area (Å²) in [5, 5.41) is 2.61. The number of carbonyl (C=O) groups excluding carboxylic acids is 1. The first kappa shape index (κ1) is 9.31. The number of nitrogens with one attached hydrogen (secondary N) is 1. The van der Waals surface area contributed by atoms with E-state index in [1.165, 1.54) is 0 Å². The lowest BCUT2D eigenvalue weighted by Gasteiger charge is -1.96. The molecule has 0 unspecified atom stereocenters. The van der Waals surface area contributed by atoms with Crippen molar-refractivity contribution in [2.75, 3.05) is 6.54 Å². The van der Waals surface area contributed by atoms with Crippen molar-refractivity contribution >= 4 is 28.5 Å². The Morgan fingerprint density at radius 2 is 2.50 bits per heavy atom. The highest BCUT2D eigenvalue weighted by atomic mass is 127. The van der Waals surface area contributed by atoms with E-state index in [0.717, 1.165) is 0 Å². The molecular weight excluding hydrogens is 269 g/mol. The number of hydrogen-bond acceptors (Lipinski definition) is 2. The molecule has 1 aromatic rings. The predicted octanol–water partition coefficient (Wildman–Crippen LogP) is 1.80. The first-order valence-corrected chi connectivity index (χ1v) is 4.46. The third-order valence-corrected chi connectivity index (χ3v) is 1.78. The van der Waals surface area contributed by atoms with Crippen molar-refractivity contribution in [3.63, 3.8) is 0 Å². The van der Waals surface area contributed by atoms with Gasteiger partial charge in [-0.3, -0.25) is 4.79 Å². The third-order valence-electron chi connectivity index (χ3n) is 1.20. The Hall–Kier alpha value is -0.780. The molecule has 1 aromatic heterocycles. The van der Waals surface area contributed by atoms with E-state index in [4.69, 9.17) is 4.42 Å². The van der Waals surface area contributed by atoms with Gasteiger partial charge < -0.3 is 9.73 Å². The Balaban J connectivity index is 2.59. The largest absolute Gasteiger partial charge is 0.445 e. The van der Waals surface area contributed by atoms with Crippen molar-refractivity contribution in [1.29, 1.82) is 0 Å². The van der Waals surface area contributed by atoms with Gasteiger partial charge in [0, 0.05) is 6.54 Å². The van der Waals surface area contributed by atoms with Crippen LogP contribution in [0.25, 0.3) is 0 Å². The summed E-state index contributed by atoms with van der Waals surface area (Å²) < 4.78 is 5.79. The molecule has 4 heteroatoms. The molecule has 0 bridgehead atoms. The van der Waals surface area contributed by atoms with Crippen LogP contribution in [0.3, 0.4) is 0 Å². The average molecular weight is 277 g/mol. The molecule has 0 aliphatic rings. The third kappa shape index (κ3) is 2.37. The molecule has 0 saturated heterocycles. The highest BCUT2D eigenvalue weighted by Gasteiger charge is 2.07. The van der Waals surface area contributed by atoms with Crippen LogP contribution in [0.2, 0.25) is 0 Å². The van der Waals surface area contributed by atoms with Crippen molar-refractivity contribution in [2.45, 2.75) is 0 Å². The van der Waals surface area contributed by atoms with E-state index in [0.29, 0.717) is 16.1 Å². The fourth-order valence-corrected chi connectivity index (χ4v) is 1.11. The van der Waals surface area contributed by atoms with Crippen LogP contribution in [0, 0.1) is 3.77 Å². The molecule has 1 amide bonds. The zero-order valence-corrected chi connectivity index (χ0v) is 8.50. The van der Waals surface area contributed by atoms with E-state index < -0.39 is 0 Å². The Labute approximate surface area is 84.0 Å². The summed E-state index contributed by atoms with van der Waals surface area (Å²) in [6.07, 6.45) is 1.62. The smallest absolute Gasteiger partial charge is 0.287 e. The monoisotopic (exact) mass is 277 g/mol. The van der Waals surface area contributed by atoms with Crippen molar-refractivity contribution in [2.24, 2.45) is 0 Å². The molecule has 0 saturated carbocycles. The number of rotatable bonds is 3. The van der Waals surface area contributed by atoms with Crippen molar-refractivity contribution < 1.29 is 9.21 Å². The Morgan fingerprint density at radius 1 is 1.75 bits per heavy atom. The highest BCUT2D eigenvalue weighted by Crippen LogP contribution is 2.09. The van der Waals surface area contributed by atoms with Gasteiger partial charge in [0.2, 0.25) is 0 Å². The molecule has 1 heterocycles. The second kappa shape index (κ2) is 4.30. The highest BCUT2D eigenvalue weighted by molar-refractivity contribution is 14.1. The molecule has 3 nitrogen and oxygen atoms in total. The normalized spacial score (nSPS) is 9.42. The number of furan rings is 1. The number of halogens is 1. The van der Waals surface area contributed by atoms with Gasteiger partial charge in [-0.15, -0.1) is 6.58 Å². The van der Waals surface area contributed by atoms with Crippen LogP contribution < -0.4 is 5.32 Å². The predicted molar refractivity (Wildman–Crippen MR) is 54.0 cm³/mol. The summed E-state index contributed by atoms with van der Waals surface area (Å²) in [7, 11) is 0. The standard InChI is InChI=1S/C8H8INO2/c1-2-5-10-8(11)6-3-4-7(9)12-6/h2-4H,1,5H2,(H,10,11). The van der Waals surface area contributed by atoms with Gasteiger partial charge in [-0.1, -0.05) is 6.08 Å². The van der Waals surface area contributed by atoms with E-state index in [1.54, 1.807) is 18.2 Å². The van der Waals surface area contributed by atoms with E-state index in [9.17, 15) is 4.79 Å². The summed E-state index contributed by atoms with van der Waals surface area (Å²) in [6.45, 7) is 3.94. The summed E-state index contributed by atoms with van der Waals surface area (Å²) in [4.78, 5) is 11.2. The molecule has 0 aromatic carbocycles.